The largest absolute Gasteiger partial charge is 0.294 e. The molecule has 0 radical (unpaired) electrons. The third-order valence-electron chi connectivity index (χ3n) is 1.83. The average Bonchev–Trinajstić information content (AvgIpc) is 2.68. The monoisotopic (exact) mass is 214 g/mol. The zero-order valence-electron chi connectivity index (χ0n) is 6.95. The smallest absolute Gasteiger partial charge is 0.198 e. The highest BCUT2D eigenvalue weighted by Crippen LogP contribution is 2.19. The minimum Gasteiger partial charge on any atom is -0.294 e. The summed E-state index contributed by atoms with van der Waals surface area (Å²) in [4.78, 5) is 16.2. The SMILES string of the molecule is Cc1csc2c(C(=O)CCl)ncn12. The molecular formula is C8H7ClN2OS. The van der Waals surface area contributed by atoms with Gasteiger partial charge in [0, 0.05) is 11.1 Å². The standard InChI is InChI=1S/C8H7ClN2OS/c1-5-3-13-8-7(6(12)2-9)10-4-11(5)8/h3-4H,2H2,1H3. The Balaban J connectivity index is 2.64. The van der Waals surface area contributed by atoms with Crippen LogP contribution >= 0.6 is 22.9 Å². The summed E-state index contributed by atoms with van der Waals surface area (Å²) in [5.74, 6) is -0.130. The van der Waals surface area contributed by atoms with Gasteiger partial charge in [0.25, 0.3) is 0 Å². The number of imidazole rings is 1. The highest BCUT2D eigenvalue weighted by Gasteiger charge is 2.13. The third-order valence-corrected chi connectivity index (χ3v) is 3.15. The van der Waals surface area contributed by atoms with E-state index in [9.17, 15) is 4.79 Å². The predicted octanol–water partition coefficient (Wildman–Crippen LogP) is 2.13. The van der Waals surface area contributed by atoms with Crippen LogP contribution in [0.3, 0.4) is 0 Å². The summed E-state index contributed by atoms with van der Waals surface area (Å²) in [5.41, 5.74) is 1.56. The van der Waals surface area contributed by atoms with Gasteiger partial charge >= 0.3 is 0 Å². The van der Waals surface area contributed by atoms with Crippen molar-refractivity contribution >= 4 is 33.6 Å². The van der Waals surface area contributed by atoms with E-state index in [1.54, 1.807) is 6.33 Å². The Kier molecular flexibility index (Phi) is 2.09. The zero-order valence-corrected chi connectivity index (χ0v) is 8.52. The number of carbonyl (C=O) groups is 1. The number of ketones is 1. The molecule has 0 aliphatic heterocycles. The van der Waals surface area contributed by atoms with Crippen LogP contribution in [0.5, 0.6) is 0 Å². The van der Waals surface area contributed by atoms with E-state index in [-0.39, 0.29) is 11.7 Å². The number of Topliss-reactive ketones (excluding diaryl/α,β-unsaturated/α-hetero) is 1. The van der Waals surface area contributed by atoms with Gasteiger partial charge in [0.2, 0.25) is 0 Å². The van der Waals surface area contributed by atoms with Gasteiger partial charge in [-0.1, -0.05) is 0 Å². The van der Waals surface area contributed by atoms with E-state index < -0.39 is 0 Å². The van der Waals surface area contributed by atoms with Gasteiger partial charge < -0.3 is 0 Å². The number of rotatable bonds is 2. The summed E-state index contributed by atoms with van der Waals surface area (Å²) in [6, 6.07) is 0. The predicted molar refractivity (Wildman–Crippen MR) is 52.9 cm³/mol. The molecule has 13 heavy (non-hydrogen) atoms. The lowest BCUT2D eigenvalue weighted by atomic mass is 10.3. The minimum atomic E-state index is -0.119. The first-order valence-electron chi connectivity index (χ1n) is 3.74. The normalized spacial score (nSPS) is 10.9. The lowest BCUT2D eigenvalue weighted by Gasteiger charge is -1.88. The summed E-state index contributed by atoms with van der Waals surface area (Å²) in [6.45, 7) is 1.97. The van der Waals surface area contributed by atoms with Crippen LogP contribution in [0.25, 0.3) is 4.83 Å². The van der Waals surface area contributed by atoms with E-state index in [0.29, 0.717) is 5.69 Å². The molecule has 3 nitrogen and oxygen atoms in total. The molecule has 2 rings (SSSR count). The van der Waals surface area contributed by atoms with Crippen LogP contribution in [-0.2, 0) is 0 Å². The number of thiazole rings is 1. The fourth-order valence-corrected chi connectivity index (χ4v) is 2.26. The molecule has 0 atom stereocenters. The van der Waals surface area contributed by atoms with Crippen molar-refractivity contribution in [2.75, 3.05) is 5.88 Å². The van der Waals surface area contributed by atoms with E-state index >= 15 is 0 Å². The van der Waals surface area contributed by atoms with E-state index in [2.05, 4.69) is 4.98 Å². The zero-order chi connectivity index (χ0) is 9.42. The fourth-order valence-electron chi connectivity index (χ4n) is 1.15. The van der Waals surface area contributed by atoms with Crippen molar-refractivity contribution in [3.05, 3.63) is 23.1 Å². The number of alkyl halides is 1. The van der Waals surface area contributed by atoms with Crippen LogP contribution < -0.4 is 0 Å². The molecule has 5 heteroatoms. The van der Waals surface area contributed by atoms with Gasteiger partial charge in [-0.3, -0.25) is 9.20 Å². The first-order valence-corrected chi connectivity index (χ1v) is 5.15. The molecule has 0 amide bonds. The first kappa shape index (κ1) is 8.72. The second-order valence-electron chi connectivity index (χ2n) is 2.70. The van der Waals surface area contributed by atoms with E-state index in [0.717, 1.165) is 10.5 Å². The molecule has 68 valence electrons. The average molecular weight is 215 g/mol. The number of nitrogens with zero attached hydrogens (tertiary/aromatic N) is 2. The molecular weight excluding hydrogens is 208 g/mol. The summed E-state index contributed by atoms with van der Waals surface area (Å²) in [6.07, 6.45) is 1.65. The molecule has 0 aliphatic carbocycles. The van der Waals surface area contributed by atoms with Gasteiger partial charge in [0.15, 0.2) is 5.78 Å². The highest BCUT2D eigenvalue weighted by atomic mass is 35.5. The number of hydrogen-bond acceptors (Lipinski definition) is 3. The molecule has 0 bridgehead atoms. The van der Waals surface area contributed by atoms with Gasteiger partial charge in [-0.05, 0) is 6.92 Å². The second kappa shape index (κ2) is 3.12. The number of halogens is 1. The van der Waals surface area contributed by atoms with Crippen molar-refractivity contribution in [2.24, 2.45) is 0 Å². The second-order valence-corrected chi connectivity index (χ2v) is 3.83. The van der Waals surface area contributed by atoms with Gasteiger partial charge in [-0.2, -0.15) is 0 Å². The fraction of sp³-hybridized carbons (Fsp3) is 0.250. The maximum atomic E-state index is 11.3. The number of hydrogen-bond donors (Lipinski definition) is 0. The summed E-state index contributed by atoms with van der Waals surface area (Å²) >= 11 is 6.97. The minimum absolute atomic E-state index is 0.0103. The maximum Gasteiger partial charge on any atom is 0.198 e. The molecule has 2 aromatic heterocycles. The van der Waals surface area contributed by atoms with Crippen molar-refractivity contribution in [3.63, 3.8) is 0 Å². The number of aryl methyl sites for hydroxylation is 1. The van der Waals surface area contributed by atoms with Gasteiger partial charge in [-0.25, -0.2) is 4.98 Å². The Hall–Kier alpha value is -0.870. The molecule has 0 saturated heterocycles. The van der Waals surface area contributed by atoms with E-state index in [1.165, 1.54) is 11.3 Å². The van der Waals surface area contributed by atoms with Crippen molar-refractivity contribution in [1.82, 2.24) is 9.38 Å². The van der Waals surface area contributed by atoms with Gasteiger partial charge in [0.1, 0.15) is 16.9 Å². The Labute approximate surface area is 84.0 Å². The van der Waals surface area contributed by atoms with Crippen molar-refractivity contribution < 1.29 is 4.79 Å². The lowest BCUT2D eigenvalue weighted by molar-refractivity contribution is 0.101. The number of carbonyl (C=O) groups excluding carboxylic acids is 1. The first-order chi connectivity index (χ1) is 6.24. The Morgan fingerprint density at radius 2 is 2.54 bits per heavy atom. The summed E-state index contributed by atoms with van der Waals surface area (Å²) < 4.78 is 1.89. The molecule has 0 saturated carbocycles. The Morgan fingerprint density at radius 3 is 3.23 bits per heavy atom. The molecule has 2 aromatic rings. The Bertz CT molecular complexity index is 460. The van der Waals surface area contributed by atoms with Crippen LogP contribution in [0.2, 0.25) is 0 Å². The third kappa shape index (κ3) is 1.26. The molecule has 0 fully saturated rings. The van der Waals surface area contributed by atoms with Crippen LogP contribution in [0.15, 0.2) is 11.7 Å². The van der Waals surface area contributed by atoms with Crippen molar-refractivity contribution in [1.29, 1.82) is 0 Å². The molecule has 2 heterocycles. The van der Waals surface area contributed by atoms with Gasteiger partial charge in [-0.15, -0.1) is 22.9 Å². The van der Waals surface area contributed by atoms with Crippen molar-refractivity contribution in [3.8, 4) is 0 Å². The summed E-state index contributed by atoms with van der Waals surface area (Å²) in [5, 5.41) is 1.99. The number of aromatic nitrogens is 2. The quantitative estimate of drug-likeness (QED) is 0.567. The van der Waals surface area contributed by atoms with Crippen LogP contribution in [0.4, 0.5) is 0 Å². The molecule has 0 N–H and O–H groups in total. The van der Waals surface area contributed by atoms with Crippen LogP contribution in [0.1, 0.15) is 16.2 Å². The van der Waals surface area contributed by atoms with Crippen LogP contribution in [-0.4, -0.2) is 21.0 Å². The topological polar surface area (TPSA) is 34.4 Å². The Morgan fingerprint density at radius 1 is 1.77 bits per heavy atom. The van der Waals surface area contributed by atoms with E-state index in [1.807, 2.05) is 16.7 Å². The summed E-state index contributed by atoms with van der Waals surface area (Å²) in [7, 11) is 0. The molecule has 0 spiro atoms. The van der Waals surface area contributed by atoms with Crippen molar-refractivity contribution in [2.45, 2.75) is 6.92 Å². The molecule has 0 unspecified atom stereocenters. The van der Waals surface area contributed by atoms with Crippen LogP contribution in [0, 0.1) is 6.92 Å². The number of fused-ring (bicyclic) bond motifs is 1. The van der Waals surface area contributed by atoms with E-state index in [4.69, 9.17) is 11.6 Å². The molecule has 0 aromatic carbocycles. The maximum absolute atomic E-state index is 11.3. The van der Waals surface area contributed by atoms with Gasteiger partial charge in [0.05, 0.1) is 5.88 Å². The highest BCUT2D eigenvalue weighted by molar-refractivity contribution is 7.16. The molecule has 0 aliphatic rings. The lowest BCUT2D eigenvalue weighted by Crippen LogP contribution is -2.00.